The first kappa shape index (κ1) is 12.2. The molecule has 0 aliphatic heterocycles. The zero-order valence-corrected chi connectivity index (χ0v) is 11.0. The van der Waals surface area contributed by atoms with E-state index in [1.54, 1.807) is 0 Å². The first-order valence-corrected chi connectivity index (χ1v) is 7.05. The number of nitrogens with one attached hydrogen (secondary N) is 1. The fourth-order valence-electron chi connectivity index (χ4n) is 2.98. The number of fused-ring (bicyclic) bond motifs is 1. The smallest absolute Gasteiger partial charge is 0.223 e. The minimum absolute atomic E-state index is 0.202. The molecule has 2 saturated carbocycles. The van der Waals surface area contributed by atoms with Crippen molar-refractivity contribution in [2.24, 2.45) is 23.7 Å². The zero-order chi connectivity index (χ0) is 11.7. The van der Waals surface area contributed by atoms with Crippen molar-refractivity contribution in [2.75, 3.05) is 5.88 Å². The van der Waals surface area contributed by atoms with Gasteiger partial charge in [0.05, 0.1) is 0 Å². The van der Waals surface area contributed by atoms with E-state index in [0.29, 0.717) is 29.6 Å². The molecule has 0 spiro atoms. The molecule has 3 heteroatoms. The Morgan fingerprint density at radius 3 is 2.38 bits per heavy atom. The Kier molecular flexibility index (Phi) is 3.78. The summed E-state index contributed by atoms with van der Waals surface area (Å²) in [5.74, 6) is 2.97. The summed E-state index contributed by atoms with van der Waals surface area (Å²) in [5, 5.41) is 3.13. The van der Waals surface area contributed by atoms with Crippen molar-refractivity contribution in [3.63, 3.8) is 0 Å². The minimum atomic E-state index is 0.202. The van der Waals surface area contributed by atoms with Crippen LogP contribution in [0, 0.1) is 23.7 Å². The standard InChI is InChI=1S/C13H22ClNO/c1-8(7-14)9(2)15-13(16)12-10-5-3-4-6-11(10)12/h8-12H,3-7H2,1-2H3,(H,15,16). The van der Waals surface area contributed by atoms with Crippen molar-refractivity contribution in [1.29, 1.82) is 0 Å². The van der Waals surface area contributed by atoms with Crippen LogP contribution in [0.1, 0.15) is 39.5 Å². The van der Waals surface area contributed by atoms with Crippen molar-refractivity contribution in [3.05, 3.63) is 0 Å². The van der Waals surface area contributed by atoms with Gasteiger partial charge < -0.3 is 5.32 Å². The normalized spacial score (nSPS) is 36.1. The number of alkyl halides is 1. The average Bonchev–Trinajstić information content (AvgIpc) is 3.01. The van der Waals surface area contributed by atoms with Crippen LogP contribution in [-0.4, -0.2) is 17.8 Å². The molecule has 0 heterocycles. The highest BCUT2D eigenvalue weighted by molar-refractivity contribution is 6.18. The number of halogens is 1. The SMILES string of the molecule is CC(CCl)C(C)NC(=O)C1C2CCCCC21. The second-order valence-electron chi connectivity index (χ2n) is 5.57. The van der Waals surface area contributed by atoms with Crippen molar-refractivity contribution in [2.45, 2.75) is 45.6 Å². The molecular weight excluding hydrogens is 222 g/mol. The van der Waals surface area contributed by atoms with E-state index in [0.717, 1.165) is 0 Å². The molecule has 0 aromatic rings. The number of carbonyl (C=O) groups is 1. The second kappa shape index (κ2) is 4.95. The molecule has 0 aromatic carbocycles. The number of carbonyl (C=O) groups excluding carboxylic acids is 1. The lowest BCUT2D eigenvalue weighted by Crippen LogP contribution is -2.39. The van der Waals surface area contributed by atoms with Gasteiger partial charge in [-0.15, -0.1) is 11.6 Å². The van der Waals surface area contributed by atoms with Gasteiger partial charge in [0, 0.05) is 17.8 Å². The molecule has 4 unspecified atom stereocenters. The van der Waals surface area contributed by atoms with Gasteiger partial charge in [-0.2, -0.15) is 0 Å². The third-order valence-corrected chi connectivity index (χ3v) is 4.91. The van der Waals surface area contributed by atoms with E-state index in [9.17, 15) is 4.79 Å². The van der Waals surface area contributed by atoms with Gasteiger partial charge in [0.25, 0.3) is 0 Å². The molecule has 2 aliphatic rings. The molecule has 0 bridgehead atoms. The lowest BCUT2D eigenvalue weighted by Gasteiger charge is -2.19. The van der Waals surface area contributed by atoms with Crippen LogP contribution in [0.5, 0.6) is 0 Å². The molecule has 2 aliphatic carbocycles. The first-order chi connectivity index (χ1) is 7.65. The number of hydrogen-bond acceptors (Lipinski definition) is 1. The van der Waals surface area contributed by atoms with E-state index < -0.39 is 0 Å². The predicted octanol–water partition coefficient (Wildman–Crippen LogP) is 2.80. The van der Waals surface area contributed by atoms with Crippen LogP contribution in [0.4, 0.5) is 0 Å². The van der Waals surface area contributed by atoms with Gasteiger partial charge in [0.2, 0.25) is 5.91 Å². The molecule has 1 amide bonds. The van der Waals surface area contributed by atoms with Gasteiger partial charge >= 0.3 is 0 Å². The van der Waals surface area contributed by atoms with E-state index in [1.165, 1.54) is 25.7 Å². The van der Waals surface area contributed by atoms with Crippen LogP contribution in [-0.2, 0) is 4.79 Å². The Bertz CT molecular complexity index is 257. The summed E-state index contributed by atoms with van der Waals surface area (Å²) >= 11 is 5.80. The molecule has 4 atom stereocenters. The number of amides is 1. The second-order valence-corrected chi connectivity index (χ2v) is 5.88. The van der Waals surface area contributed by atoms with E-state index in [-0.39, 0.29) is 11.9 Å². The first-order valence-electron chi connectivity index (χ1n) is 6.51. The van der Waals surface area contributed by atoms with Crippen LogP contribution in [0.15, 0.2) is 0 Å². The molecule has 92 valence electrons. The minimum Gasteiger partial charge on any atom is -0.353 e. The lowest BCUT2D eigenvalue weighted by molar-refractivity contribution is -0.123. The third kappa shape index (κ3) is 2.37. The molecule has 2 rings (SSSR count). The fourth-order valence-corrected chi connectivity index (χ4v) is 3.24. The Morgan fingerprint density at radius 2 is 1.88 bits per heavy atom. The summed E-state index contributed by atoms with van der Waals surface area (Å²) in [6, 6.07) is 0.202. The third-order valence-electron chi connectivity index (χ3n) is 4.43. The maximum Gasteiger partial charge on any atom is 0.223 e. The Hall–Kier alpha value is -0.240. The van der Waals surface area contributed by atoms with Crippen LogP contribution >= 0.6 is 11.6 Å². The van der Waals surface area contributed by atoms with E-state index in [1.807, 2.05) is 0 Å². The number of rotatable bonds is 4. The fraction of sp³-hybridized carbons (Fsp3) is 0.923. The lowest BCUT2D eigenvalue weighted by atomic mass is 10.0. The van der Waals surface area contributed by atoms with Gasteiger partial charge in [-0.3, -0.25) is 4.79 Å². The monoisotopic (exact) mass is 243 g/mol. The van der Waals surface area contributed by atoms with Crippen molar-refractivity contribution < 1.29 is 4.79 Å². The summed E-state index contributed by atoms with van der Waals surface area (Å²) < 4.78 is 0. The van der Waals surface area contributed by atoms with Crippen LogP contribution in [0.2, 0.25) is 0 Å². The van der Waals surface area contributed by atoms with Crippen LogP contribution in [0.25, 0.3) is 0 Å². The summed E-state index contributed by atoms with van der Waals surface area (Å²) in [7, 11) is 0. The summed E-state index contributed by atoms with van der Waals surface area (Å²) in [4.78, 5) is 12.0. The van der Waals surface area contributed by atoms with Gasteiger partial charge in [-0.25, -0.2) is 0 Å². The van der Waals surface area contributed by atoms with Crippen LogP contribution < -0.4 is 5.32 Å². The molecule has 0 radical (unpaired) electrons. The van der Waals surface area contributed by atoms with Gasteiger partial charge in [-0.1, -0.05) is 19.8 Å². The van der Waals surface area contributed by atoms with E-state index in [2.05, 4.69) is 19.2 Å². The maximum atomic E-state index is 12.0. The van der Waals surface area contributed by atoms with Crippen molar-refractivity contribution >= 4 is 17.5 Å². The summed E-state index contributed by atoms with van der Waals surface area (Å²) in [5.41, 5.74) is 0. The number of hydrogen-bond donors (Lipinski definition) is 1. The van der Waals surface area contributed by atoms with Gasteiger partial charge in [-0.05, 0) is 37.5 Å². The Morgan fingerprint density at radius 1 is 1.31 bits per heavy atom. The summed E-state index contributed by atoms with van der Waals surface area (Å²) in [6.45, 7) is 4.13. The predicted molar refractivity (Wildman–Crippen MR) is 66.4 cm³/mol. The topological polar surface area (TPSA) is 29.1 Å². The molecule has 2 nitrogen and oxygen atoms in total. The van der Waals surface area contributed by atoms with Crippen molar-refractivity contribution in [1.82, 2.24) is 5.32 Å². The molecular formula is C13H22ClNO. The summed E-state index contributed by atoms with van der Waals surface area (Å²) in [6.07, 6.45) is 5.17. The molecule has 1 N–H and O–H groups in total. The van der Waals surface area contributed by atoms with Crippen molar-refractivity contribution in [3.8, 4) is 0 Å². The largest absolute Gasteiger partial charge is 0.353 e. The average molecular weight is 244 g/mol. The van der Waals surface area contributed by atoms with Crippen LogP contribution in [0.3, 0.4) is 0 Å². The molecule has 0 saturated heterocycles. The van der Waals surface area contributed by atoms with Gasteiger partial charge in [0.15, 0.2) is 0 Å². The van der Waals surface area contributed by atoms with E-state index in [4.69, 9.17) is 11.6 Å². The molecule has 16 heavy (non-hydrogen) atoms. The maximum absolute atomic E-state index is 12.0. The quantitative estimate of drug-likeness (QED) is 0.756. The molecule has 2 fully saturated rings. The Labute approximate surface area is 103 Å². The molecule has 0 aromatic heterocycles. The zero-order valence-electron chi connectivity index (χ0n) is 10.2. The Balaban J connectivity index is 1.81. The van der Waals surface area contributed by atoms with E-state index >= 15 is 0 Å². The highest BCUT2D eigenvalue weighted by Gasteiger charge is 2.54. The van der Waals surface area contributed by atoms with Gasteiger partial charge in [0.1, 0.15) is 0 Å². The highest BCUT2D eigenvalue weighted by atomic mass is 35.5. The highest BCUT2D eigenvalue weighted by Crippen LogP contribution is 2.55.